The van der Waals surface area contributed by atoms with Gasteiger partial charge in [-0.2, -0.15) is 0 Å². The number of likely N-dealkylation sites (N-methyl/N-ethyl adjacent to an activating group) is 1. The lowest BCUT2D eigenvalue weighted by molar-refractivity contribution is -0.125. The zero-order valence-corrected chi connectivity index (χ0v) is 17.5. The molecule has 0 aliphatic carbocycles. The van der Waals surface area contributed by atoms with Crippen molar-refractivity contribution in [2.24, 2.45) is 5.92 Å². The molecule has 6 heteroatoms. The number of nitrogens with one attached hydrogen (secondary N) is 1. The molecular weight excluding hydrogens is 362 g/mol. The lowest BCUT2D eigenvalue weighted by Gasteiger charge is -2.33. The van der Waals surface area contributed by atoms with Gasteiger partial charge in [-0.1, -0.05) is 26.0 Å². The van der Waals surface area contributed by atoms with Gasteiger partial charge in [0.25, 0.3) is 0 Å². The van der Waals surface area contributed by atoms with Gasteiger partial charge in [0.2, 0.25) is 5.91 Å². The molecule has 6 nitrogen and oxygen atoms in total. The molecule has 0 radical (unpaired) electrons. The van der Waals surface area contributed by atoms with Gasteiger partial charge < -0.3 is 19.5 Å². The maximum atomic E-state index is 12.6. The molecule has 29 heavy (non-hydrogen) atoms. The number of carbonyl (C=O) groups is 1. The van der Waals surface area contributed by atoms with E-state index in [0.29, 0.717) is 0 Å². The molecule has 1 saturated heterocycles. The van der Waals surface area contributed by atoms with Crippen LogP contribution >= 0.6 is 0 Å². The number of piperidine rings is 1. The fraction of sp³-hybridized carbons (Fsp3) is 0.478. The molecule has 1 N–H and O–H groups in total. The number of nitrogens with zero attached hydrogens (tertiary/aromatic N) is 4. The predicted molar refractivity (Wildman–Crippen MR) is 118 cm³/mol. The van der Waals surface area contributed by atoms with Gasteiger partial charge in [0, 0.05) is 38.3 Å². The maximum Gasteiger partial charge on any atom is 0.223 e. The van der Waals surface area contributed by atoms with Crippen molar-refractivity contribution in [3.8, 4) is 0 Å². The van der Waals surface area contributed by atoms with Gasteiger partial charge in [-0.15, -0.1) is 0 Å². The van der Waals surface area contributed by atoms with Crippen LogP contribution in [0, 0.1) is 5.92 Å². The van der Waals surface area contributed by atoms with Gasteiger partial charge in [0.1, 0.15) is 0 Å². The van der Waals surface area contributed by atoms with E-state index in [4.69, 9.17) is 4.98 Å². The third kappa shape index (κ3) is 4.08. The molecule has 2 aromatic heterocycles. The van der Waals surface area contributed by atoms with Gasteiger partial charge >= 0.3 is 0 Å². The molecule has 0 bridgehead atoms. The second kappa shape index (κ2) is 8.82. The largest absolute Gasteiger partial charge is 0.355 e. The Morgan fingerprint density at radius 2 is 1.83 bits per heavy atom. The number of anilines is 1. The first kappa shape index (κ1) is 19.7. The number of amides is 1. The van der Waals surface area contributed by atoms with Crippen molar-refractivity contribution in [2.45, 2.75) is 26.7 Å². The van der Waals surface area contributed by atoms with E-state index in [2.05, 4.69) is 63.8 Å². The van der Waals surface area contributed by atoms with Crippen LogP contribution in [0.25, 0.3) is 16.6 Å². The van der Waals surface area contributed by atoms with Crippen LogP contribution in [-0.2, 0) is 4.79 Å². The Morgan fingerprint density at radius 1 is 1.10 bits per heavy atom. The number of carbonyl (C=O) groups excluding carboxylic acids is 1. The minimum atomic E-state index is 0.103. The Hall–Kier alpha value is -2.60. The summed E-state index contributed by atoms with van der Waals surface area (Å²) < 4.78 is 2.21. The van der Waals surface area contributed by atoms with Crippen LogP contribution < -0.4 is 10.2 Å². The summed E-state index contributed by atoms with van der Waals surface area (Å²) in [6.07, 6.45) is 3.84. The van der Waals surface area contributed by atoms with Crippen LogP contribution in [-0.4, -0.2) is 59.5 Å². The first-order valence-electron chi connectivity index (χ1n) is 10.8. The topological polar surface area (TPSA) is 52.9 Å². The van der Waals surface area contributed by atoms with Gasteiger partial charge in [0.05, 0.1) is 16.6 Å². The summed E-state index contributed by atoms with van der Waals surface area (Å²) in [7, 11) is 0. The number of rotatable bonds is 7. The third-order valence-electron chi connectivity index (χ3n) is 6.13. The molecule has 1 aliphatic rings. The van der Waals surface area contributed by atoms with E-state index < -0.39 is 0 Å². The fourth-order valence-electron chi connectivity index (χ4n) is 4.31. The van der Waals surface area contributed by atoms with Crippen LogP contribution in [0.4, 0.5) is 5.82 Å². The van der Waals surface area contributed by atoms with Crippen molar-refractivity contribution >= 4 is 28.3 Å². The van der Waals surface area contributed by atoms with E-state index in [1.165, 1.54) is 0 Å². The number of hydrogen-bond donors (Lipinski definition) is 1. The smallest absolute Gasteiger partial charge is 0.223 e. The maximum absolute atomic E-state index is 12.6. The van der Waals surface area contributed by atoms with E-state index >= 15 is 0 Å². The van der Waals surface area contributed by atoms with E-state index in [1.54, 1.807) is 0 Å². The van der Waals surface area contributed by atoms with Crippen molar-refractivity contribution in [1.29, 1.82) is 0 Å². The molecule has 0 unspecified atom stereocenters. The lowest BCUT2D eigenvalue weighted by Crippen LogP contribution is -2.43. The molecule has 0 saturated carbocycles. The van der Waals surface area contributed by atoms with Gasteiger partial charge in [-0.3, -0.25) is 4.79 Å². The highest BCUT2D eigenvalue weighted by Gasteiger charge is 2.26. The summed E-state index contributed by atoms with van der Waals surface area (Å²) in [4.78, 5) is 22.2. The van der Waals surface area contributed by atoms with Crippen LogP contribution in [0.1, 0.15) is 26.7 Å². The van der Waals surface area contributed by atoms with Crippen molar-refractivity contribution in [2.75, 3.05) is 44.2 Å². The highest BCUT2D eigenvalue weighted by atomic mass is 16.1. The number of para-hydroxylation sites is 2. The SMILES string of the molecule is CCN(CC)CCNC(=O)C1CCN(c2nc3ccccc3n3cccc23)CC1. The summed E-state index contributed by atoms with van der Waals surface area (Å²) in [5.74, 6) is 1.33. The summed E-state index contributed by atoms with van der Waals surface area (Å²) in [5.41, 5.74) is 3.26. The Morgan fingerprint density at radius 3 is 2.59 bits per heavy atom. The molecule has 154 valence electrons. The minimum Gasteiger partial charge on any atom is -0.355 e. The normalized spacial score (nSPS) is 15.5. The van der Waals surface area contributed by atoms with Gasteiger partial charge in [-0.05, 0) is 50.2 Å². The highest BCUT2D eigenvalue weighted by Crippen LogP contribution is 2.28. The molecule has 0 atom stereocenters. The van der Waals surface area contributed by atoms with E-state index in [-0.39, 0.29) is 11.8 Å². The minimum absolute atomic E-state index is 0.103. The zero-order chi connectivity index (χ0) is 20.2. The second-order valence-electron chi connectivity index (χ2n) is 7.77. The fourth-order valence-corrected chi connectivity index (χ4v) is 4.31. The van der Waals surface area contributed by atoms with Crippen LogP contribution in [0.3, 0.4) is 0 Å². The van der Waals surface area contributed by atoms with Gasteiger partial charge in [-0.25, -0.2) is 4.98 Å². The first-order chi connectivity index (χ1) is 14.2. The van der Waals surface area contributed by atoms with Crippen LogP contribution in [0.15, 0.2) is 42.6 Å². The molecule has 4 rings (SSSR count). The molecule has 3 heterocycles. The molecular formula is C23H31N5O. The van der Waals surface area contributed by atoms with Crippen molar-refractivity contribution in [3.05, 3.63) is 42.6 Å². The molecule has 3 aromatic rings. The van der Waals surface area contributed by atoms with Crippen LogP contribution in [0.2, 0.25) is 0 Å². The zero-order valence-electron chi connectivity index (χ0n) is 17.5. The number of benzene rings is 1. The summed E-state index contributed by atoms with van der Waals surface area (Å²) in [6.45, 7) is 9.74. The summed E-state index contributed by atoms with van der Waals surface area (Å²) in [5, 5.41) is 3.14. The summed E-state index contributed by atoms with van der Waals surface area (Å²) >= 11 is 0. The average Bonchev–Trinajstić information content (AvgIpc) is 3.26. The number of fused-ring (bicyclic) bond motifs is 3. The average molecular weight is 394 g/mol. The van der Waals surface area contributed by atoms with Crippen LogP contribution in [0.5, 0.6) is 0 Å². The van der Waals surface area contributed by atoms with Gasteiger partial charge in [0.15, 0.2) is 5.82 Å². The molecule has 1 amide bonds. The van der Waals surface area contributed by atoms with Crippen molar-refractivity contribution in [3.63, 3.8) is 0 Å². The quantitative estimate of drug-likeness (QED) is 0.670. The Labute approximate surface area is 172 Å². The van der Waals surface area contributed by atoms with Crippen molar-refractivity contribution < 1.29 is 4.79 Å². The molecule has 0 spiro atoms. The first-order valence-corrected chi connectivity index (χ1v) is 10.8. The third-order valence-corrected chi connectivity index (χ3v) is 6.13. The molecule has 1 fully saturated rings. The van der Waals surface area contributed by atoms with E-state index in [9.17, 15) is 4.79 Å². The standard InChI is InChI=1S/C23H31N5O/c1-3-26(4-2)17-13-24-23(29)18-11-15-27(16-12-18)22-21-10-7-14-28(21)20-9-6-5-8-19(20)25-22/h5-10,14,18H,3-4,11-13,15-17H2,1-2H3,(H,24,29). The lowest BCUT2D eigenvalue weighted by atomic mass is 9.96. The number of hydrogen-bond acceptors (Lipinski definition) is 4. The van der Waals surface area contributed by atoms with E-state index in [0.717, 1.165) is 74.5 Å². The predicted octanol–water partition coefficient (Wildman–Crippen LogP) is 3.16. The monoisotopic (exact) mass is 393 g/mol. The number of aromatic nitrogens is 2. The molecule has 1 aliphatic heterocycles. The molecule has 1 aromatic carbocycles. The Bertz CT molecular complexity index is 970. The summed E-state index contributed by atoms with van der Waals surface area (Å²) in [6, 6.07) is 12.4. The second-order valence-corrected chi connectivity index (χ2v) is 7.77. The Kier molecular flexibility index (Phi) is 6.00. The Balaban J connectivity index is 1.41. The van der Waals surface area contributed by atoms with Crippen molar-refractivity contribution in [1.82, 2.24) is 19.6 Å². The highest BCUT2D eigenvalue weighted by molar-refractivity contribution is 5.85. The van der Waals surface area contributed by atoms with E-state index in [1.807, 2.05) is 12.1 Å².